The first kappa shape index (κ1) is 15.7. The normalized spacial score (nSPS) is 12.5. The van der Waals surface area contributed by atoms with Crippen LogP contribution in [-0.2, 0) is 16.0 Å². The Balaban J connectivity index is 2.56. The zero-order chi connectivity index (χ0) is 14.3. The topological polar surface area (TPSA) is 26.3 Å². The molecule has 1 rings (SSSR count). The van der Waals surface area contributed by atoms with Gasteiger partial charge in [-0.2, -0.15) is 0 Å². The summed E-state index contributed by atoms with van der Waals surface area (Å²) in [6, 6.07) is 8.32. The maximum absolute atomic E-state index is 11.9. The summed E-state index contributed by atoms with van der Waals surface area (Å²) in [5.41, 5.74) is 2.36. The van der Waals surface area contributed by atoms with Gasteiger partial charge in [0, 0.05) is 0 Å². The molecule has 2 heteroatoms. The Morgan fingerprint density at radius 3 is 2.32 bits per heavy atom. The lowest BCUT2D eigenvalue weighted by molar-refractivity contribution is -0.145. The van der Waals surface area contributed by atoms with Crippen molar-refractivity contribution in [3.63, 3.8) is 0 Å². The van der Waals surface area contributed by atoms with Crippen LogP contribution in [0.5, 0.6) is 0 Å². The Kier molecular flexibility index (Phi) is 6.61. The molecule has 0 fully saturated rings. The van der Waals surface area contributed by atoms with Crippen LogP contribution in [0, 0.1) is 5.92 Å². The highest BCUT2D eigenvalue weighted by Crippen LogP contribution is 2.19. The van der Waals surface area contributed by atoms with Crippen LogP contribution < -0.4 is 0 Å². The molecule has 0 saturated heterocycles. The molecule has 1 atom stereocenters. The molecule has 0 amide bonds. The SMILES string of the molecule is CCCCOC(=O)C(C)c1ccc(CC(C)C)cc1. The molecule has 0 aliphatic rings. The maximum atomic E-state index is 11.9. The molecule has 0 saturated carbocycles. The zero-order valence-corrected chi connectivity index (χ0v) is 12.6. The minimum Gasteiger partial charge on any atom is -0.465 e. The van der Waals surface area contributed by atoms with Gasteiger partial charge in [0.1, 0.15) is 0 Å². The molecule has 0 aliphatic heterocycles. The fourth-order valence-corrected chi connectivity index (χ4v) is 1.99. The van der Waals surface area contributed by atoms with E-state index in [0.717, 1.165) is 24.8 Å². The Bertz CT molecular complexity index is 379. The average Bonchev–Trinajstić information content (AvgIpc) is 2.38. The number of esters is 1. The number of hydrogen-bond acceptors (Lipinski definition) is 2. The second-order valence-corrected chi connectivity index (χ2v) is 5.58. The highest BCUT2D eigenvalue weighted by atomic mass is 16.5. The van der Waals surface area contributed by atoms with E-state index >= 15 is 0 Å². The summed E-state index contributed by atoms with van der Waals surface area (Å²) in [4.78, 5) is 11.9. The van der Waals surface area contributed by atoms with Gasteiger partial charge in [-0.15, -0.1) is 0 Å². The number of carbonyl (C=O) groups excluding carboxylic acids is 1. The van der Waals surface area contributed by atoms with Crippen molar-refractivity contribution in [2.24, 2.45) is 5.92 Å². The van der Waals surface area contributed by atoms with Crippen molar-refractivity contribution < 1.29 is 9.53 Å². The molecule has 0 aromatic heterocycles. The maximum Gasteiger partial charge on any atom is 0.313 e. The summed E-state index contributed by atoms with van der Waals surface area (Å²) in [7, 11) is 0. The highest BCUT2D eigenvalue weighted by molar-refractivity contribution is 5.77. The van der Waals surface area contributed by atoms with Crippen LogP contribution >= 0.6 is 0 Å². The van der Waals surface area contributed by atoms with Gasteiger partial charge < -0.3 is 4.74 Å². The minimum absolute atomic E-state index is 0.120. The third kappa shape index (κ3) is 5.46. The largest absolute Gasteiger partial charge is 0.465 e. The van der Waals surface area contributed by atoms with Crippen molar-refractivity contribution in [2.45, 2.75) is 52.9 Å². The molecular weight excluding hydrogens is 236 g/mol. The number of unbranched alkanes of at least 4 members (excludes halogenated alkanes) is 1. The van der Waals surface area contributed by atoms with E-state index in [9.17, 15) is 4.79 Å². The molecule has 0 aliphatic carbocycles. The van der Waals surface area contributed by atoms with Gasteiger partial charge in [0.25, 0.3) is 0 Å². The van der Waals surface area contributed by atoms with Crippen molar-refractivity contribution in [3.8, 4) is 0 Å². The van der Waals surface area contributed by atoms with Crippen molar-refractivity contribution >= 4 is 5.97 Å². The Morgan fingerprint density at radius 2 is 1.79 bits per heavy atom. The summed E-state index contributed by atoms with van der Waals surface area (Å²) >= 11 is 0. The van der Waals surface area contributed by atoms with E-state index in [0.29, 0.717) is 12.5 Å². The number of benzene rings is 1. The van der Waals surface area contributed by atoms with E-state index in [2.05, 4.69) is 32.9 Å². The summed E-state index contributed by atoms with van der Waals surface area (Å²) in [5, 5.41) is 0. The van der Waals surface area contributed by atoms with E-state index in [-0.39, 0.29) is 11.9 Å². The van der Waals surface area contributed by atoms with Crippen molar-refractivity contribution in [1.29, 1.82) is 0 Å². The predicted molar refractivity (Wildman–Crippen MR) is 79.3 cm³/mol. The number of carbonyl (C=O) groups is 1. The molecule has 1 unspecified atom stereocenters. The molecule has 19 heavy (non-hydrogen) atoms. The first-order chi connectivity index (χ1) is 9.04. The second kappa shape index (κ2) is 7.98. The van der Waals surface area contributed by atoms with Crippen LogP contribution in [0.1, 0.15) is 57.6 Å². The molecule has 2 nitrogen and oxygen atoms in total. The number of rotatable bonds is 7. The van der Waals surface area contributed by atoms with Crippen LogP contribution in [0.4, 0.5) is 0 Å². The van der Waals surface area contributed by atoms with Gasteiger partial charge in [-0.25, -0.2) is 0 Å². The minimum atomic E-state index is -0.176. The molecular formula is C17H26O2. The Hall–Kier alpha value is -1.31. The van der Waals surface area contributed by atoms with E-state index < -0.39 is 0 Å². The zero-order valence-electron chi connectivity index (χ0n) is 12.6. The predicted octanol–water partition coefficient (Wildman–Crippen LogP) is 4.33. The first-order valence-corrected chi connectivity index (χ1v) is 7.30. The summed E-state index contributed by atoms with van der Waals surface area (Å²) in [5.74, 6) is 0.359. The fourth-order valence-electron chi connectivity index (χ4n) is 1.99. The van der Waals surface area contributed by atoms with Gasteiger partial charge in [0.05, 0.1) is 12.5 Å². The summed E-state index contributed by atoms with van der Waals surface area (Å²) in [6.07, 6.45) is 3.06. The number of ether oxygens (including phenoxy) is 1. The van der Waals surface area contributed by atoms with E-state index in [1.807, 2.05) is 19.1 Å². The molecule has 106 valence electrons. The van der Waals surface area contributed by atoms with Crippen LogP contribution in [0.2, 0.25) is 0 Å². The van der Waals surface area contributed by atoms with Crippen LogP contribution in [0.25, 0.3) is 0 Å². The lowest BCUT2D eigenvalue weighted by atomic mass is 9.97. The Labute approximate surface area is 117 Å². The molecule has 0 radical (unpaired) electrons. The van der Waals surface area contributed by atoms with Crippen molar-refractivity contribution in [3.05, 3.63) is 35.4 Å². The average molecular weight is 262 g/mol. The molecule has 1 aromatic rings. The monoisotopic (exact) mass is 262 g/mol. The third-order valence-corrected chi connectivity index (χ3v) is 3.22. The van der Waals surface area contributed by atoms with Gasteiger partial charge in [-0.1, -0.05) is 51.5 Å². The lowest BCUT2D eigenvalue weighted by Gasteiger charge is -2.12. The summed E-state index contributed by atoms with van der Waals surface area (Å²) in [6.45, 7) is 8.95. The quantitative estimate of drug-likeness (QED) is 0.540. The summed E-state index contributed by atoms with van der Waals surface area (Å²) < 4.78 is 5.25. The van der Waals surface area contributed by atoms with Gasteiger partial charge >= 0.3 is 5.97 Å². The molecule has 0 N–H and O–H groups in total. The smallest absolute Gasteiger partial charge is 0.313 e. The van der Waals surface area contributed by atoms with Crippen molar-refractivity contribution in [2.75, 3.05) is 6.61 Å². The van der Waals surface area contributed by atoms with E-state index in [4.69, 9.17) is 4.74 Å². The van der Waals surface area contributed by atoms with Crippen LogP contribution in [0.15, 0.2) is 24.3 Å². The number of hydrogen-bond donors (Lipinski definition) is 0. The van der Waals surface area contributed by atoms with Crippen LogP contribution in [0.3, 0.4) is 0 Å². The van der Waals surface area contributed by atoms with Gasteiger partial charge in [0.2, 0.25) is 0 Å². The van der Waals surface area contributed by atoms with E-state index in [1.165, 1.54) is 5.56 Å². The molecule has 0 heterocycles. The fraction of sp³-hybridized carbons (Fsp3) is 0.588. The van der Waals surface area contributed by atoms with E-state index in [1.54, 1.807) is 0 Å². The molecule has 0 spiro atoms. The second-order valence-electron chi connectivity index (χ2n) is 5.58. The first-order valence-electron chi connectivity index (χ1n) is 7.30. The van der Waals surface area contributed by atoms with Gasteiger partial charge in [-0.05, 0) is 36.8 Å². The molecule has 1 aromatic carbocycles. The van der Waals surface area contributed by atoms with Crippen molar-refractivity contribution in [1.82, 2.24) is 0 Å². The lowest BCUT2D eigenvalue weighted by Crippen LogP contribution is -2.14. The van der Waals surface area contributed by atoms with Gasteiger partial charge in [-0.3, -0.25) is 4.79 Å². The standard InChI is InChI=1S/C17H26O2/c1-5-6-11-19-17(18)14(4)16-9-7-15(8-10-16)12-13(2)3/h7-10,13-14H,5-6,11-12H2,1-4H3. The third-order valence-electron chi connectivity index (χ3n) is 3.22. The Morgan fingerprint density at radius 1 is 1.16 bits per heavy atom. The highest BCUT2D eigenvalue weighted by Gasteiger charge is 2.16. The van der Waals surface area contributed by atoms with Gasteiger partial charge in [0.15, 0.2) is 0 Å². The molecule has 0 bridgehead atoms. The van der Waals surface area contributed by atoms with Crippen LogP contribution in [-0.4, -0.2) is 12.6 Å².